The molecule has 6 nitrogen and oxygen atoms in total. The van der Waals surface area contributed by atoms with E-state index in [2.05, 4.69) is 5.32 Å². The molecule has 1 saturated heterocycles. The van der Waals surface area contributed by atoms with E-state index in [0.29, 0.717) is 17.2 Å². The molecule has 1 atom stereocenters. The highest BCUT2D eigenvalue weighted by molar-refractivity contribution is 6.30. The second kappa shape index (κ2) is 6.58. The van der Waals surface area contributed by atoms with Crippen LogP contribution in [0, 0.1) is 0 Å². The van der Waals surface area contributed by atoms with Crippen LogP contribution in [-0.4, -0.2) is 41.8 Å². The van der Waals surface area contributed by atoms with E-state index < -0.39 is 23.8 Å². The van der Waals surface area contributed by atoms with Gasteiger partial charge in [0.05, 0.1) is 0 Å². The standard InChI is InChI=1S/C14H15ClN2O4/c1-2-11-14(20)16-12(18)7-17(11)13(19)8-21-10-5-3-4-9(15)6-10/h3-6,11H,2,7-8H2,1H3,(H,16,18,20). The van der Waals surface area contributed by atoms with Crippen molar-refractivity contribution in [3.05, 3.63) is 29.3 Å². The van der Waals surface area contributed by atoms with Gasteiger partial charge in [0.2, 0.25) is 11.8 Å². The fourth-order valence-corrected chi connectivity index (χ4v) is 2.30. The molecule has 1 aromatic rings. The van der Waals surface area contributed by atoms with Crippen LogP contribution in [0.3, 0.4) is 0 Å². The maximum absolute atomic E-state index is 12.2. The summed E-state index contributed by atoms with van der Waals surface area (Å²) in [5.74, 6) is -0.896. The number of hydrogen-bond donors (Lipinski definition) is 1. The largest absolute Gasteiger partial charge is 0.484 e. The molecule has 0 aliphatic carbocycles. The molecule has 1 N–H and O–H groups in total. The lowest BCUT2D eigenvalue weighted by molar-refractivity contribution is -0.151. The van der Waals surface area contributed by atoms with Crippen molar-refractivity contribution in [3.63, 3.8) is 0 Å². The van der Waals surface area contributed by atoms with Gasteiger partial charge in [0.1, 0.15) is 18.3 Å². The zero-order valence-corrected chi connectivity index (χ0v) is 12.2. The lowest BCUT2D eigenvalue weighted by Gasteiger charge is -2.33. The molecule has 0 bridgehead atoms. The van der Waals surface area contributed by atoms with Gasteiger partial charge in [-0.05, 0) is 24.6 Å². The molecular weight excluding hydrogens is 296 g/mol. The number of piperazine rings is 1. The molecule has 1 fully saturated rings. The number of rotatable bonds is 4. The van der Waals surface area contributed by atoms with Gasteiger partial charge in [0, 0.05) is 5.02 Å². The van der Waals surface area contributed by atoms with Crippen molar-refractivity contribution in [3.8, 4) is 5.75 Å². The Kier molecular flexibility index (Phi) is 4.80. The van der Waals surface area contributed by atoms with E-state index in [1.165, 1.54) is 4.90 Å². The Morgan fingerprint density at radius 1 is 1.48 bits per heavy atom. The topological polar surface area (TPSA) is 75.7 Å². The summed E-state index contributed by atoms with van der Waals surface area (Å²) in [5.41, 5.74) is 0. The summed E-state index contributed by atoms with van der Waals surface area (Å²) in [6.07, 6.45) is 0.433. The van der Waals surface area contributed by atoms with E-state index in [1.807, 2.05) is 0 Å². The number of hydrogen-bond acceptors (Lipinski definition) is 4. The maximum Gasteiger partial charge on any atom is 0.261 e. The Hall–Kier alpha value is -2.08. The van der Waals surface area contributed by atoms with Gasteiger partial charge in [-0.25, -0.2) is 0 Å². The highest BCUT2D eigenvalue weighted by Crippen LogP contribution is 2.17. The summed E-state index contributed by atoms with van der Waals surface area (Å²) in [7, 11) is 0. The monoisotopic (exact) mass is 310 g/mol. The first-order valence-corrected chi connectivity index (χ1v) is 6.90. The van der Waals surface area contributed by atoms with Crippen LogP contribution >= 0.6 is 11.6 Å². The van der Waals surface area contributed by atoms with Gasteiger partial charge in [0.15, 0.2) is 6.61 Å². The lowest BCUT2D eigenvalue weighted by Crippen LogP contribution is -2.60. The highest BCUT2D eigenvalue weighted by atomic mass is 35.5. The van der Waals surface area contributed by atoms with Gasteiger partial charge >= 0.3 is 0 Å². The van der Waals surface area contributed by atoms with Gasteiger partial charge in [-0.2, -0.15) is 0 Å². The molecule has 0 saturated carbocycles. The van der Waals surface area contributed by atoms with Gasteiger partial charge in [-0.1, -0.05) is 24.6 Å². The van der Waals surface area contributed by atoms with Gasteiger partial charge in [-0.3, -0.25) is 19.7 Å². The lowest BCUT2D eigenvalue weighted by atomic mass is 10.1. The third kappa shape index (κ3) is 3.72. The Balaban J connectivity index is 2.01. The van der Waals surface area contributed by atoms with Crippen molar-refractivity contribution < 1.29 is 19.1 Å². The summed E-state index contributed by atoms with van der Waals surface area (Å²) in [6, 6.07) is 6.01. The first-order chi connectivity index (χ1) is 10.0. The van der Waals surface area contributed by atoms with Gasteiger partial charge < -0.3 is 9.64 Å². The normalized spacial score (nSPS) is 18.4. The van der Waals surface area contributed by atoms with Crippen molar-refractivity contribution in [2.45, 2.75) is 19.4 Å². The van der Waals surface area contributed by atoms with Gasteiger partial charge in [-0.15, -0.1) is 0 Å². The van der Waals surface area contributed by atoms with Crippen LogP contribution in [0.5, 0.6) is 5.75 Å². The minimum Gasteiger partial charge on any atom is -0.484 e. The Bertz CT molecular complexity index is 576. The Labute approximate surface area is 127 Å². The van der Waals surface area contributed by atoms with Crippen LogP contribution in [0.15, 0.2) is 24.3 Å². The summed E-state index contributed by atoms with van der Waals surface area (Å²) < 4.78 is 5.35. The quantitative estimate of drug-likeness (QED) is 0.841. The third-order valence-corrected chi connectivity index (χ3v) is 3.36. The number of nitrogens with one attached hydrogen (secondary N) is 1. The SMILES string of the molecule is CCC1C(=O)NC(=O)CN1C(=O)COc1cccc(Cl)c1. The summed E-state index contributed by atoms with van der Waals surface area (Å²) in [5, 5.41) is 2.72. The van der Waals surface area contributed by atoms with E-state index in [4.69, 9.17) is 16.3 Å². The van der Waals surface area contributed by atoms with Crippen LogP contribution in [0.25, 0.3) is 0 Å². The molecule has 0 radical (unpaired) electrons. The first kappa shape index (κ1) is 15.3. The molecule has 1 unspecified atom stereocenters. The molecule has 1 aliphatic heterocycles. The van der Waals surface area contributed by atoms with Crippen LogP contribution in [0.1, 0.15) is 13.3 Å². The second-order valence-electron chi connectivity index (χ2n) is 4.60. The molecule has 112 valence electrons. The number of amides is 3. The molecule has 1 aliphatic rings. The van der Waals surface area contributed by atoms with Crippen molar-refractivity contribution in [1.82, 2.24) is 10.2 Å². The fourth-order valence-electron chi connectivity index (χ4n) is 2.12. The van der Waals surface area contributed by atoms with Crippen LogP contribution in [0.4, 0.5) is 0 Å². The zero-order valence-electron chi connectivity index (χ0n) is 11.5. The van der Waals surface area contributed by atoms with Crippen LogP contribution in [-0.2, 0) is 14.4 Å². The number of nitrogens with zero attached hydrogens (tertiary/aromatic N) is 1. The highest BCUT2D eigenvalue weighted by Gasteiger charge is 2.35. The molecule has 21 heavy (non-hydrogen) atoms. The number of halogens is 1. The fraction of sp³-hybridized carbons (Fsp3) is 0.357. The minimum atomic E-state index is -0.641. The number of carbonyl (C=O) groups excluding carboxylic acids is 3. The predicted molar refractivity (Wildman–Crippen MR) is 75.9 cm³/mol. The Morgan fingerprint density at radius 3 is 2.90 bits per heavy atom. The van der Waals surface area contributed by atoms with Crippen LogP contribution in [0.2, 0.25) is 5.02 Å². The molecular formula is C14H15ClN2O4. The van der Waals surface area contributed by atoms with E-state index in [9.17, 15) is 14.4 Å². The second-order valence-corrected chi connectivity index (χ2v) is 5.04. The molecule has 1 aromatic carbocycles. The molecule has 3 amide bonds. The summed E-state index contributed by atoms with van der Waals surface area (Å²) in [6.45, 7) is 1.39. The summed E-state index contributed by atoms with van der Waals surface area (Å²) in [4.78, 5) is 36.5. The average molecular weight is 311 g/mol. The van der Waals surface area contributed by atoms with Gasteiger partial charge in [0.25, 0.3) is 5.91 Å². The van der Waals surface area contributed by atoms with E-state index >= 15 is 0 Å². The molecule has 7 heteroatoms. The van der Waals surface area contributed by atoms with E-state index in [1.54, 1.807) is 31.2 Å². The smallest absolute Gasteiger partial charge is 0.261 e. The van der Waals surface area contributed by atoms with Crippen molar-refractivity contribution in [1.29, 1.82) is 0 Å². The third-order valence-electron chi connectivity index (χ3n) is 3.12. The van der Waals surface area contributed by atoms with Crippen molar-refractivity contribution >= 4 is 29.3 Å². The Morgan fingerprint density at radius 2 is 2.24 bits per heavy atom. The van der Waals surface area contributed by atoms with E-state index in [0.717, 1.165) is 0 Å². The maximum atomic E-state index is 12.2. The van der Waals surface area contributed by atoms with E-state index in [-0.39, 0.29) is 13.2 Å². The first-order valence-electron chi connectivity index (χ1n) is 6.52. The molecule has 2 rings (SSSR count). The predicted octanol–water partition coefficient (Wildman–Crippen LogP) is 0.982. The number of imide groups is 1. The van der Waals surface area contributed by atoms with Crippen molar-refractivity contribution in [2.75, 3.05) is 13.2 Å². The number of ether oxygens (including phenoxy) is 1. The molecule has 1 heterocycles. The zero-order chi connectivity index (χ0) is 15.4. The average Bonchev–Trinajstić information content (AvgIpc) is 2.44. The summed E-state index contributed by atoms with van der Waals surface area (Å²) >= 11 is 5.82. The van der Waals surface area contributed by atoms with Crippen molar-refractivity contribution in [2.24, 2.45) is 0 Å². The molecule has 0 aromatic heterocycles. The minimum absolute atomic E-state index is 0.137. The number of carbonyl (C=O) groups is 3. The number of benzene rings is 1. The van der Waals surface area contributed by atoms with Crippen LogP contribution < -0.4 is 10.1 Å². The molecule has 0 spiro atoms.